The lowest BCUT2D eigenvalue weighted by Crippen LogP contribution is -2.42. The van der Waals surface area contributed by atoms with Crippen molar-refractivity contribution >= 4 is 5.78 Å². The minimum atomic E-state index is 0.0442. The number of carbonyl (C=O) groups is 1. The monoisotopic (exact) mass is 234 g/mol. The van der Waals surface area contributed by atoms with E-state index in [1.54, 1.807) is 6.26 Å². The molecule has 2 atom stereocenters. The number of ketones is 1. The predicted molar refractivity (Wildman–Crippen MR) is 68.2 cm³/mol. The highest BCUT2D eigenvalue weighted by atomic mass is 16.3. The molecule has 0 radical (unpaired) electrons. The van der Waals surface area contributed by atoms with E-state index in [2.05, 4.69) is 27.7 Å². The van der Waals surface area contributed by atoms with Crippen LogP contribution in [0.1, 0.15) is 55.8 Å². The molecule has 0 bridgehead atoms. The average molecular weight is 234 g/mol. The highest BCUT2D eigenvalue weighted by molar-refractivity contribution is 6.01. The zero-order valence-electron chi connectivity index (χ0n) is 11.5. The Morgan fingerprint density at radius 2 is 2.18 bits per heavy atom. The minimum absolute atomic E-state index is 0.0442. The topological polar surface area (TPSA) is 30.2 Å². The fraction of sp³-hybridized carbons (Fsp3) is 0.667. The van der Waals surface area contributed by atoms with E-state index in [9.17, 15) is 4.79 Å². The van der Waals surface area contributed by atoms with Crippen molar-refractivity contribution in [3.05, 3.63) is 23.2 Å². The van der Waals surface area contributed by atoms with Crippen molar-refractivity contribution in [3.63, 3.8) is 0 Å². The molecule has 0 saturated carbocycles. The number of Topliss-reactive ketones (excluding diaryl/α,β-unsaturated/α-hetero) is 1. The fourth-order valence-electron chi connectivity index (χ4n) is 3.36. The van der Waals surface area contributed by atoms with Crippen molar-refractivity contribution in [2.45, 2.75) is 47.5 Å². The minimum Gasteiger partial charge on any atom is -0.468 e. The number of hydrogen-bond acceptors (Lipinski definition) is 2. The molecule has 0 aliphatic heterocycles. The van der Waals surface area contributed by atoms with Gasteiger partial charge in [-0.15, -0.1) is 0 Å². The van der Waals surface area contributed by atoms with E-state index in [0.29, 0.717) is 5.92 Å². The van der Waals surface area contributed by atoms with Crippen LogP contribution in [0.3, 0.4) is 0 Å². The van der Waals surface area contributed by atoms with Crippen LogP contribution in [0.4, 0.5) is 0 Å². The van der Waals surface area contributed by atoms with Crippen LogP contribution in [0.15, 0.2) is 10.7 Å². The largest absolute Gasteiger partial charge is 0.468 e. The quantitative estimate of drug-likeness (QED) is 0.773. The van der Waals surface area contributed by atoms with E-state index >= 15 is 0 Å². The molecule has 17 heavy (non-hydrogen) atoms. The molecule has 0 spiro atoms. The third-order valence-corrected chi connectivity index (χ3v) is 4.37. The van der Waals surface area contributed by atoms with Crippen LogP contribution < -0.4 is 0 Å². The number of fused-ring (bicyclic) bond motifs is 1. The molecule has 0 fully saturated rings. The molecule has 1 aliphatic carbocycles. The lowest BCUT2D eigenvalue weighted by Gasteiger charge is -2.41. The molecule has 0 unspecified atom stereocenters. The van der Waals surface area contributed by atoms with Gasteiger partial charge in [-0.1, -0.05) is 27.7 Å². The number of hydrogen-bond donors (Lipinski definition) is 0. The summed E-state index contributed by atoms with van der Waals surface area (Å²) in [7, 11) is 0. The van der Waals surface area contributed by atoms with Gasteiger partial charge in [-0.3, -0.25) is 4.79 Å². The molecule has 1 heterocycles. The second-order valence-corrected chi connectivity index (χ2v) is 5.99. The molecule has 2 rings (SSSR count). The Morgan fingerprint density at radius 1 is 1.53 bits per heavy atom. The number of carbonyl (C=O) groups excluding carboxylic acids is 1. The summed E-state index contributed by atoms with van der Waals surface area (Å²) >= 11 is 0. The first-order valence-corrected chi connectivity index (χ1v) is 6.52. The summed E-state index contributed by atoms with van der Waals surface area (Å²) in [6.07, 6.45) is 3.63. The maximum Gasteiger partial charge on any atom is 0.170 e. The Bertz CT molecular complexity index is 442. The zero-order chi connectivity index (χ0) is 12.8. The lowest BCUT2D eigenvalue weighted by atomic mass is 9.61. The number of furan rings is 1. The molecule has 94 valence electrons. The standard InChI is InChI=1S/C15H22O2/c1-6-15(5)7-11-12(10(4)8-17-11)14(16)13(15)9(2)3/h8-9,13H,6-7H2,1-5H3/t13-,15-/m1/s1. The second-order valence-electron chi connectivity index (χ2n) is 5.99. The third kappa shape index (κ3) is 1.74. The van der Waals surface area contributed by atoms with E-state index in [1.165, 1.54) is 0 Å². The molecule has 2 nitrogen and oxygen atoms in total. The summed E-state index contributed by atoms with van der Waals surface area (Å²) in [5.74, 6) is 1.69. The van der Waals surface area contributed by atoms with Crippen molar-refractivity contribution in [1.29, 1.82) is 0 Å². The van der Waals surface area contributed by atoms with Crippen molar-refractivity contribution in [3.8, 4) is 0 Å². The Balaban J connectivity index is 2.54. The summed E-state index contributed by atoms with van der Waals surface area (Å²) in [5, 5.41) is 0. The second kappa shape index (κ2) is 4.01. The van der Waals surface area contributed by atoms with Gasteiger partial charge in [0.1, 0.15) is 5.76 Å². The summed E-state index contributed by atoms with van der Waals surface area (Å²) in [4.78, 5) is 12.7. The zero-order valence-corrected chi connectivity index (χ0v) is 11.5. The maximum atomic E-state index is 12.7. The summed E-state index contributed by atoms with van der Waals surface area (Å²) in [6.45, 7) is 10.7. The summed E-state index contributed by atoms with van der Waals surface area (Å²) in [5.41, 5.74) is 1.89. The Morgan fingerprint density at radius 3 is 2.71 bits per heavy atom. The van der Waals surface area contributed by atoms with Crippen LogP contribution in [0.2, 0.25) is 0 Å². The molecule has 2 heteroatoms. The van der Waals surface area contributed by atoms with Crippen molar-refractivity contribution < 1.29 is 9.21 Å². The highest BCUT2D eigenvalue weighted by Gasteiger charge is 2.46. The van der Waals surface area contributed by atoms with Gasteiger partial charge in [0.15, 0.2) is 5.78 Å². The van der Waals surface area contributed by atoms with Crippen molar-refractivity contribution in [2.75, 3.05) is 0 Å². The molecule has 1 aromatic rings. The molecule has 0 saturated heterocycles. The van der Waals surface area contributed by atoms with Gasteiger partial charge in [-0.25, -0.2) is 0 Å². The number of aryl methyl sites for hydroxylation is 1. The van der Waals surface area contributed by atoms with Gasteiger partial charge in [0.25, 0.3) is 0 Å². The van der Waals surface area contributed by atoms with Gasteiger partial charge < -0.3 is 4.42 Å². The van der Waals surface area contributed by atoms with E-state index < -0.39 is 0 Å². The highest BCUT2D eigenvalue weighted by Crippen LogP contribution is 2.46. The molecular weight excluding hydrogens is 212 g/mol. The van der Waals surface area contributed by atoms with Crippen LogP contribution in [0.25, 0.3) is 0 Å². The van der Waals surface area contributed by atoms with E-state index in [0.717, 1.165) is 29.7 Å². The molecule has 0 amide bonds. The molecule has 1 aromatic heterocycles. The van der Waals surface area contributed by atoms with Gasteiger partial charge in [0.05, 0.1) is 11.8 Å². The third-order valence-electron chi connectivity index (χ3n) is 4.37. The van der Waals surface area contributed by atoms with Crippen LogP contribution >= 0.6 is 0 Å². The first-order valence-electron chi connectivity index (χ1n) is 6.52. The molecule has 0 aromatic carbocycles. The van der Waals surface area contributed by atoms with Crippen molar-refractivity contribution in [1.82, 2.24) is 0 Å². The Labute approximate surface area is 103 Å². The number of rotatable bonds is 2. The molecule has 0 N–H and O–H groups in total. The Hall–Kier alpha value is -1.05. The first-order chi connectivity index (χ1) is 7.90. The summed E-state index contributed by atoms with van der Waals surface area (Å²) in [6, 6.07) is 0. The first kappa shape index (κ1) is 12.4. The normalized spacial score (nSPS) is 28.6. The SMILES string of the molecule is CC[C@]1(C)Cc2occ(C)c2C(=O)[C@H]1C(C)C. The summed E-state index contributed by atoms with van der Waals surface area (Å²) < 4.78 is 5.56. The predicted octanol–water partition coefficient (Wildman–Crippen LogP) is 4.02. The van der Waals surface area contributed by atoms with Crippen LogP contribution in [0.5, 0.6) is 0 Å². The van der Waals surface area contributed by atoms with Gasteiger partial charge in [-0.05, 0) is 30.2 Å². The molecular formula is C15H22O2. The van der Waals surface area contributed by atoms with Gasteiger partial charge in [-0.2, -0.15) is 0 Å². The van der Waals surface area contributed by atoms with E-state index in [-0.39, 0.29) is 17.1 Å². The van der Waals surface area contributed by atoms with Gasteiger partial charge >= 0.3 is 0 Å². The molecule has 1 aliphatic rings. The Kier molecular flexibility index (Phi) is 2.92. The van der Waals surface area contributed by atoms with E-state index in [4.69, 9.17) is 4.42 Å². The van der Waals surface area contributed by atoms with Crippen LogP contribution in [0, 0.1) is 24.2 Å². The maximum absolute atomic E-state index is 12.7. The fourth-order valence-corrected chi connectivity index (χ4v) is 3.36. The lowest BCUT2D eigenvalue weighted by molar-refractivity contribution is 0.0593. The average Bonchev–Trinajstić information content (AvgIpc) is 2.59. The van der Waals surface area contributed by atoms with E-state index in [1.807, 2.05) is 6.92 Å². The van der Waals surface area contributed by atoms with Crippen LogP contribution in [-0.2, 0) is 6.42 Å². The van der Waals surface area contributed by atoms with Crippen molar-refractivity contribution in [2.24, 2.45) is 17.3 Å². The van der Waals surface area contributed by atoms with Crippen LogP contribution in [-0.4, -0.2) is 5.78 Å². The van der Waals surface area contributed by atoms with Gasteiger partial charge in [0.2, 0.25) is 0 Å². The smallest absolute Gasteiger partial charge is 0.170 e. The van der Waals surface area contributed by atoms with Gasteiger partial charge in [0, 0.05) is 12.3 Å².